The number of esters is 1. The Balaban J connectivity index is 0.000000557. The number of benzene rings is 1. The van der Waals surface area contributed by atoms with Gasteiger partial charge in [-0.3, -0.25) is 9.59 Å². The normalized spacial score (nSPS) is 8.94. The zero-order valence-corrected chi connectivity index (χ0v) is 12.3. The van der Waals surface area contributed by atoms with Gasteiger partial charge in [0.25, 0.3) is 5.97 Å². The van der Waals surface area contributed by atoms with Gasteiger partial charge in [-0.15, -0.1) is 0 Å². The molecule has 0 saturated carbocycles. The molecule has 0 aliphatic rings. The van der Waals surface area contributed by atoms with E-state index in [1.165, 1.54) is 0 Å². The SMILES string of the molecule is CC(=O)O.Cc1cccc(Cl)c1OC(=O)CI. The van der Waals surface area contributed by atoms with Crippen molar-refractivity contribution in [1.82, 2.24) is 0 Å². The van der Waals surface area contributed by atoms with Crippen LogP contribution in [0.3, 0.4) is 0 Å². The summed E-state index contributed by atoms with van der Waals surface area (Å²) in [5, 5.41) is 7.89. The number of carbonyl (C=O) groups is 2. The van der Waals surface area contributed by atoms with Crippen molar-refractivity contribution in [2.24, 2.45) is 0 Å². The second kappa shape index (κ2) is 8.30. The monoisotopic (exact) mass is 370 g/mol. The Bertz CT molecular complexity index is 382. The van der Waals surface area contributed by atoms with Crippen LogP contribution in [0.5, 0.6) is 5.75 Å². The van der Waals surface area contributed by atoms with Crippen molar-refractivity contribution >= 4 is 46.1 Å². The molecule has 1 aromatic rings. The number of alkyl halides is 1. The minimum absolute atomic E-state index is 0.281. The standard InChI is InChI=1S/C9H8ClIO2.C2H4O2/c1-6-3-2-4-7(10)9(6)13-8(12)5-11;1-2(3)4/h2-4H,5H2,1H3;1H3,(H,3,4). The molecule has 0 bridgehead atoms. The van der Waals surface area contributed by atoms with E-state index in [1.54, 1.807) is 6.07 Å². The third-order valence-electron chi connectivity index (χ3n) is 1.49. The van der Waals surface area contributed by atoms with Crippen LogP contribution in [0.25, 0.3) is 0 Å². The second-order valence-corrected chi connectivity index (χ2v) is 4.18. The number of carbonyl (C=O) groups excluding carboxylic acids is 1. The molecule has 4 nitrogen and oxygen atoms in total. The molecule has 0 aliphatic heterocycles. The van der Waals surface area contributed by atoms with E-state index in [0.717, 1.165) is 12.5 Å². The molecule has 0 saturated heterocycles. The molecule has 6 heteroatoms. The van der Waals surface area contributed by atoms with Crippen molar-refractivity contribution in [3.05, 3.63) is 28.8 Å². The highest BCUT2D eigenvalue weighted by Crippen LogP contribution is 2.27. The van der Waals surface area contributed by atoms with E-state index in [0.29, 0.717) is 15.2 Å². The number of aryl methyl sites for hydroxylation is 1. The lowest BCUT2D eigenvalue weighted by Gasteiger charge is -2.07. The van der Waals surface area contributed by atoms with Crippen LogP contribution in [0, 0.1) is 6.92 Å². The van der Waals surface area contributed by atoms with Gasteiger partial charge in [-0.1, -0.05) is 46.3 Å². The largest absolute Gasteiger partial charge is 0.481 e. The van der Waals surface area contributed by atoms with E-state index < -0.39 is 5.97 Å². The Kier molecular flexibility index (Phi) is 7.90. The first kappa shape index (κ1) is 16.2. The lowest BCUT2D eigenvalue weighted by molar-refractivity contribution is -0.134. The van der Waals surface area contributed by atoms with Gasteiger partial charge in [-0.25, -0.2) is 0 Å². The predicted octanol–water partition coefficient (Wildman–Crippen LogP) is 3.08. The van der Waals surface area contributed by atoms with Gasteiger partial charge in [0.05, 0.1) is 9.45 Å². The summed E-state index contributed by atoms with van der Waals surface area (Å²) >= 11 is 7.80. The molecule has 94 valence electrons. The van der Waals surface area contributed by atoms with Gasteiger partial charge in [-0.2, -0.15) is 0 Å². The van der Waals surface area contributed by atoms with Crippen LogP contribution in [0.2, 0.25) is 5.02 Å². The Morgan fingerprint density at radius 2 is 2.00 bits per heavy atom. The molecule has 17 heavy (non-hydrogen) atoms. The Morgan fingerprint density at radius 3 is 2.41 bits per heavy atom. The smallest absolute Gasteiger partial charge is 0.321 e. The molecule has 1 N–H and O–H groups in total. The number of aliphatic carboxylic acids is 1. The first-order chi connectivity index (χ1) is 7.88. The number of carboxylic acids is 1. The summed E-state index contributed by atoms with van der Waals surface area (Å²) in [5.74, 6) is -0.650. The molecule has 1 aromatic carbocycles. The van der Waals surface area contributed by atoms with Crippen molar-refractivity contribution < 1.29 is 19.4 Å². The fraction of sp³-hybridized carbons (Fsp3) is 0.273. The van der Waals surface area contributed by atoms with Crippen molar-refractivity contribution in [2.45, 2.75) is 13.8 Å². The quantitative estimate of drug-likeness (QED) is 0.376. The molecule has 0 atom stereocenters. The van der Waals surface area contributed by atoms with Crippen LogP contribution in [-0.2, 0) is 9.59 Å². The van der Waals surface area contributed by atoms with E-state index in [2.05, 4.69) is 0 Å². The highest BCUT2D eigenvalue weighted by Gasteiger charge is 2.08. The first-order valence-electron chi connectivity index (χ1n) is 4.59. The summed E-state index contributed by atoms with van der Waals surface area (Å²) in [6.07, 6.45) is 0. The zero-order chi connectivity index (χ0) is 13.4. The van der Waals surface area contributed by atoms with E-state index in [4.69, 9.17) is 26.2 Å². The summed E-state index contributed by atoms with van der Waals surface area (Å²) in [6.45, 7) is 2.93. The summed E-state index contributed by atoms with van der Waals surface area (Å²) in [5.41, 5.74) is 0.866. The second-order valence-electron chi connectivity index (χ2n) is 3.01. The molecule has 0 unspecified atom stereocenters. The molecule has 0 radical (unpaired) electrons. The molecule has 0 spiro atoms. The fourth-order valence-electron chi connectivity index (χ4n) is 0.887. The zero-order valence-electron chi connectivity index (χ0n) is 9.37. The lowest BCUT2D eigenvalue weighted by Crippen LogP contribution is -2.09. The average molecular weight is 371 g/mol. The highest BCUT2D eigenvalue weighted by molar-refractivity contribution is 14.1. The Morgan fingerprint density at radius 1 is 1.47 bits per heavy atom. The van der Waals surface area contributed by atoms with Crippen LogP contribution in [-0.4, -0.2) is 21.5 Å². The summed E-state index contributed by atoms with van der Waals surface area (Å²) < 4.78 is 5.37. The molecule has 0 fully saturated rings. The van der Waals surface area contributed by atoms with Crippen molar-refractivity contribution in [3.8, 4) is 5.75 Å². The topological polar surface area (TPSA) is 63.6 Å². The van der Waals surface area contributed by atoms with Crippen LogP contribution in [0.4, 0.5) is 0 Å². The number of hydrogen-bond acceptors (Lipinski definition) is 3. The van der Waals surface area contributed by atoms with Gasteiger partial charge in [-0.05, 0) is 18.6 Å². The Labute approximate surface area is 118 Å². The lowest BCUT2D eigenvalue weighted by atomic mass is 10.2. The van der Waals surface area contributed by atoms with Gasteiger partial charge >= 0.3 is 5.97 Å². The maximum Gasteiger partial charge on any atom is 0.321 e. The van der Waals surface area contributed by atoms with E-state index in [9.17, 15) is 4.79 Å². The molecular weight excluding hydrogens is 358 g/mol. The average Bonchev–Trinajstić information content (AvgIpc) is 2.22. The fourth-order valence-corrected chi connectivity index (χ4v) is 1.30. The predicted molar refractivity (Wildman–Crippen MR) is 74.0 cm³/mol. The molecule has 0 heterocycles. The number of para-hydroxylation sites is 1. The maximum absolute atomic E-state index is 11.0. The van der Waals surface area contributed by atoms with E-state index in [1.807, 2.05) is 41.6 Å². The molecule has 0 aromatic heterocycles. The summed E-state index contributed by atoms with van der Waals surface area (Å²) in [4.78, 5) is 20.0. The third-order valence-corrected chi connectivity index (χ3v) is 2.41. The van der Waals surface area contributed by atoms with Gasteiger partial charge in [0.2, 0.25) is 0 Å². The van der Waals surface area contributed by atoms with E-state index in [-0.39, 0.29) is 5.97 Å². The van der Waals surface area contributed by atoms with Crippen molar-refractivity contribution in [3.63, 3.8) is 0 Å². The summed E-state index contributed by atoms with van der Waals surface area (Å²) in [6, 6.07) is 5.37. The maximum atomic E-state index is 11.0. The van der Waals surface area contributed by atoms with Crippen LogP contribution in [0.15, 0.2) is 18.2 Å². The van der Waals surface area contributed by atoms with Gasteiger partial charge in [0, 0.05) is 6.92 Å². The molecule has 0 aliphatic carbocycles. The number of rotatable bonds is 2. The van der Waals surface area contributed by atoms with Crippen LogP contribution in [0.1, 0.15) is 12.5 Å². The number of carboxylic acid groups (broad SMARTS) is 1. The first-order valence-corrected chi connectivity index (χ1v) is 6.50. The highest BCUT2D eigenvalue weighted by atomic mass is 127. The minimum atomic E-state index is -0.833. The number of halogens is 2. The molecular formula is C11H12ClIO4. The molecule has 1 rings (SSSR count). The number of hydrogen-bond donors (Lipinski definition) is 1. The summed E-state index contributed by atoms with van der Waals surface area (Å²) in [7, 11) is 0. The number of ether oxygens (including phenoxy) is 1. The van der Waals surface area contributed by atoms with Gasteiger partial charge in [0.15, 0.2) is 5.75 Å². The molecule has 0 amide bonds. The van der Waals surface area contributed by atoms with Crippen LogP contribution >= 0.6 is 34.2 Å². The van der Waals surface area contributed by atoms with Gasteiger partial charge < -0.3 is 9.84 Å². The van der Waals surface area contributed by atoms with Crippen LogP contribution < -0.4 is 4.74 Å². The Hall–Kier alpha value is -0.820. The minimum Gasteiger partial charge on any atom is -0.481 e. The van der Waals surface area contributed by atoms with Crippen molar-refractivity contribution in [1.29, 1.82) is 0 Å². The third kappa shape index (κ3) is 7.17. The van der Waals surface area contributed by atoms with E-state index >= 15 is 0 Å². The van der Waals surface area contributed by atoms with Crippen molar-refractivity contribution in [2.75, 3.05) is 4.43 Å². The van der Waals surface area contributed by atoms with Gasteiger partial charge in [0.1, 0.15) is 0 Å².